The van der Waals surface area contributed by atoms with Crippen molar-refractivity contribution in [2.24, 2.45) is 11.7 Å². The third-order valence-electron chi connectivity index (χ3n) is 4.94. The number of rotatable bonds is 4. The smallest absolute Gasteiger partial charge is 0.0217 e. The van der Waals surface area contributed by atoms with Crippen LogP contribution in [-0.4, -0.2) is 55.6 Å². The molecule has 0 radical (unpaired) electrons. The summed E-state index contributed by atoms with van der Waals surface area (Å²) in [7, 11) is 4.41. The summed E-state index contributed by atoms with van der Waals surface area (Å²) >= 11 is 0. The number of nitrogens with two attached hydrogens (primary N) is 1. The van der Waals surface area contributed by atoms with E-state index >= 15 is 0 Å². The highest BCUT2D eigenvalue weighted by Gasteiger charge is 2.26. The minimum Gasteiger partial charge on any atom is -0.326 e. The van der Waals surface area contributed by atoms with E-state index in [2.05, 4.69) is 23.9 Å². The Kier molecular flexibility index (Phi) is 5.46. The van der Waals surface area contributed by atoms with Crippen LogP contribution in [0.25, 0.3) is 0 Å². The van der Waals surface area contributed by atoms with Crippen LogP contribution < -0.4 is 5.73 Å². The summed E-state index contributed by atoms with van der Waals surface area (Å²) in [6.07, 6.45) is 9.65. The number of nitrogens with zero attached hydrogens (tertiary/aromatic N) is 2. The lowest BCUT2D eigenvalue weighted by Gasteiger charge is -2.39. The van der Waals surface area contributed by atoms with Gasteiger partial charge in [0.15, 0.2) is 0 Å². The molecular weight excluding hydrogens is 222 g/mol. The summed E-state index contributed by atoms with van der Waals surface area (Å²) in [6, 6.07) is 1.14. The van der Waals surface area contributed by atoms with Gasteiger partial charge in [0.1, 0.15) is 0 Å². The van der Waals surface area contributed by atoms with E-state index in [0.29, 0.717) is 6.04 Å². The SMILES string of the molecule is CN(C)C1CCCN(CC(N)C2CCCCC2)C1. The Hall–Kier alpha value is -0.120. The van der Waals surface area contributed by atoms with Crippen molar-refractivity contribution in [2.45, 2.75) is 57.0 Å². The van der Waals surface area contributed by atoms with Gasteiger partial charge in [-0.05, 0) is 52.2 Å². The maximum absolute atomic E-state index is 6.45. The highest BCUT2D eigenvalue weighted by atomic mass is 15.2. The molecule has 1 saturated heterocycles. The van der Waals surface area contributed by atoms with E-state index in [1.54, 1.807) is 0 Å². The first-order valence-corrected chi connectivity index (χ1v) is 7.81. The van der Waals surface area contributed by atoms with Crippen molar-refractivity contribution in [1.82, 2.24) is 9.80 Å². The second-order valence-corrected chi connectivity index (χ2v) is 6.58. The second kappa shape index (κ2) is 6.88. The molecule has 1 heterocycles. The van der Waals surface area contributed by atoms with Crippen LogP contribution in [0.15, 0.2) is 0 Å². The Balaban J connectivity index is 1.77. The van der Waals surface area contributed by atoms with Gasteiger partial charge in [0.2, 0.25) is 0 Å². The molecule has 2 N–H and O–H groups in total. The van der Waals surface area contributed by atoms with Gasteiger partial charge in [-0.3, -0.25) is 0 Å². The number of hydrogen-bond donors (Lipinski definition) is 1. The van der Waals surface area contributed by atoms with Crippen LogP contribution in [0.1, 0.15) is 44.9 Å². The third kappa shape index (κ3) is 3.94. The van der Waals surface area contributed by atoms with Gasteiger partial charge in [-0.25, -0.2) is 0 Å². The maximum atomic E-state index is 6.45. The molecule has 0 aromatic carbocycles. The highest BCUT2D eigenvalue weighted by molar-refractivity contribution is 4.84. The van der Waals surface area contributed by atoms with Gasteiger partial charge < -0.3 is 15.5 Å². The van der Waals surface area contributed by atoms with Crippen LogP contribution in [-0.2, 0) is 0 Å². The van der Waals surface area contributed by atoms with Gasteiger partial charge >= 0.3 is 0 Å². The van der Waals surface area contributed by atoms with E-state index in [0.717, 1.165) is 18.5 Å². The molecule has 3 nitrogen and oxygen atoms in total. The van der Waals surface area contributed by atoms with Gasteiger partial charge in [0.05, 0.1) is 0 Å². The van der Waals surface area contributed by atoms with E-state index in [1.165, 1.54) is 58.0 Å². The molecule has 1 saturated carbocycles. The quantitative estimate of drug-likeness (QED) is 0.831. The minimum absolute atomic E-state index is 0.409. The monoisotopic (exact) mass is 253 g/mol. The van der Waals surface area contributed by atoms with Gasteiger partial charge in [-0.1, -0.05) is 19.3 Å². The number of piperidine rings is 1. The average Bonchev–Trinajstić information content (AvgIpc) is 2.40. The Labute approximate surface area is 113 Å². The zero-order valence-corrected chi connectivity index (χ0v) is 12.3. The van der Waals surface area contributed by atoms with E-state index < -0.39 is 0 Å². The molecular formula is C15H31N3. The van der Waals surface area contributed by atoms with Crippen molar-refractivity contribution in [3.05, 3.63) is 0 Å². The summed E-state index contributed by atoms with van der Waals surface area (Å²) < 4.78 is 0. The summed E-state index contributed by atoms with van der Waals surface area (Å²) in [6.45, 7) is 3.59. The second-order valence-electron chi connectivity index (χ2n) is 6.58. The molecule has 0 bridgehead atoms. The maximum Gasteiger partial charge on any atom is 0.0217 e. The predicted molar refractivity (Wildman–Crippen MR) is 77.7 cm³/mol. The Morgan fingerprint density at radius 1 is 1.11 bits per heavy atom. The summed E-state index contributed by atoms with van der Waals surface area (Å²) in [5, 5.41) is 0. The van der Waals surface area contributed by atoms with Crippen molar-refractivity contribution >= 4 is 0 Å². The lowest BCUT2D eigenvalue weighted by atomic mass is 9.84. The zero-order valence-electron chi connectivity index (χ0n) is 12.3. The van der Waals surface area contributed by atoms with E-state index in [-0.39, 0.29) is 0 Å². The fourth-order valence-corrected chi connectivity index (χ4v) is 3.63. The Morgan fingerprint density at radius 3 is 2.50 bits per heavy atom. The van der Waals surface area contributed by atoms with E-state index in [4.69, 9.17) is 5.73 Å². The van der Waals surface area contributed by atoms with Crippen LogP contribution in [0.3, 0.4) is 0 Å². The molecule has 0 aromatic rings. The van der Waals surface area contributed by atoms with Gasteiger partial charge in [0, 0.05) is 25.2 Å². The molecule has 1 aliphatic heterocycles. The van der Waals surface area contributed by atoms with Gasteiger partial charge in [0.25, 0.3) is 0 Å². The van der Waals surface area contributed by atoms with Crippen molar-refractivity contribution < 1.29 is 0 Å². The minimum atomic E-state index is 0.409. The first-order chi connectivity index (χ1) is 8.66. The highest BCUT2D eigenvalue weighted by Crippen LogP contribution is 2.26. The number of likely N-dealkylation sites (tertiary alicyclic amines) is 1. The first kappa shape index (κ1) is 14.3. The predicted octanol–water partition coefficient (Wildman–Crippen LogP) is 1.92. The standard InChI is InChI=1S/C15H31N3/c1-17(2)14-9-6-10-18(11-14)12-15(16)13-7-4-3-5-8-13/h13-15H,3-12,16H2,1-2H3. The lowest BCUT2D eigenvalue weighted by molar-refractivity contribution is 0.116. The summed E-state index contributed by atoms with van der Waals surface area (Å²) in [4.78, 5) is 4.98. The molecule has 2 unspecified atom stereocenters. The zero-order chi connectivity index (χ0) is 13.0. The molecule has 2 fully saturated rings. The molecule has 2 rings (SSSR count). The largest absolute Gasteiger partial charge is 0.326 e. The van der Waals surface area contributed by atoms with E-state index in [9.17, 15) is 0 Å². The Bertz CT molecular complexity index is 236. The third-order valence-corrected chi connectivity index (χ3v) is 4.94. The average molecular weight is 253 g/mol. The number of likely N-dealkylation sites (N-methyl/N-ethyl adjacent to an activating group) is 1. The molecule has 3 heteroatoms. The van der Waals surface area contributed by atoms with Crippen molar-refractivity contribution in [3.63, 3.8) is 0 Å². The normalized spacial score (nSPS) is 29.7. The van der Waals surface area contributed by atoms with Crippen molar-refractivity contribution in [1.29, 1.82) is 0 Å². The Morgan fingerprint density at radius 2 is 1.83 bits per heavy atom. The lowest BCUT2D eigenvalue weighted by Crippen LogP contribution is -2.50. The van der Waals surface area contributed by atoms with Gasteiger partial charge in [-0.15, -0.1) is 0 Å². The molecule has 2 aliphatic rings. The molecule has 106 valence electrons. The fourth-order valence-electron chi connectivity index (χ4n) is 3.63. The topological polar surface area (TPSA) is 32.5 Å². The van der Waals surface area contributed by atoms with E-state index in [1.807, 2.05) is 0 Å². The number of hydrogen-bond acceptors (Lipinski definition) is 3. The molecule has 0 amide bonds. The molecule has 0 aromatic heterocycles. The molecule has 2 atom stereocenters. The van der Waals surface area contributed by atoms with Crippen LogP contribution >= 0.6 is 0 Å². The van der Waals surface area contributed by atoms with Crippen LogP contribution in [0, 0.1) is 5.92 Å². The van der Waals surface area contributed by atoms with Crippen LogP contribution in [0.2, 0.25) is 0 Å². The summed E-state index contributed by atoms with van der Waals surface area (Å²) in [5.74, 6) is 0.790. The molecule has 0 spiro atoms. The fraction of sp³-hybridized carbons (Fsp3) is 1.00. The first-order valence-electron chi connectivity index (χ1n) is 7.81. The van der Waals surface area contributed by atoms with Crippen LogP contribution in [0.5, 0.6) is 0 Å². The van der Waals surface area contributed by atoms with Crippen molar-refractivity contribution in [3.8, 4) is 0 Å². The van der Waals surface area contributed by atoms with Crippen LogP contribution in [0.4, 0.5) is 0 Å². The molecule has 1 aliphatic carbocycles. The van der Waals surface area contributed by atoms with Gasteiger partial charge in [-0.2, -0.15) is 0 Å². The summed E-state index contributed by atoms with van der Waals surface area (Å²) in [5.41, 5.74) is 6.45. The van der Waals surface area contributed by atoms with Crippen molar-refractivity contribution in [2.75, 3.05) is 33.7 Å². The molecule has 18 heavy (non-hydrogen) atoms.